The maximum absolute atomic E-state index is 12.5. The number of carbonyl (C=O) groups is 2. The second kappa shape index (κ2) is 10.1. The monoisotopic (exact) mass is 380 g/mol. The quantitative estimate of drug-likeness (QED) is 0.345. The first-order valence-corrected chi connectivity index (χ1v) is 10.1. The van der Waals surface area contributed by atoms with Crippen LogP contribution in [0.2, 0.25) is 0 Å². The topological polar surface area (TPSA) is 52.6 Å². The standard InChI is InChI=1S/C24H28O4/c1-18(25)27-16-17-28-23-13-6-19(7-14-23)8-15-24(26)22-11-9-21(10-12-22)20-4-2-3-5-20/h6-7,9-14,20H,2-5,8,15-17H2,1H3. The Morgan fingerprint density at radius 2 is 1.61 bits per heavy atom. The van der Waals surface area contributed by atoms with Crippen LogP contribution in [0.25, 0.3) is 0 Å². The molecule has 3 rings (SSSR count). The third-order valence-electron chi connectivity index (χ3n) is 5.28. The lowest BCUT2D eigenvalue weighted by molar-refractivity contribution is -0.141. The summed E-state index contributed by atoms with van der Waals surface area (Å²) in [6, 6.07) is 15.9. The van der Waals surface area contributed by atoms with E-state index < -0.39 is 0 Å². The van der Waals surface area contributed by atoms with Crippen LogP contribution in [0.1, 0.15) is 66.4 Å². The normalized spacial score (nSPS) is 14.0. The molecule has 4 heteroatoms. The van der Waals surface area contributed by atoms with Gasteiger partial charge in [-0.1, -0.05) is 49.2 Å². The highest BCUT2D eigenvalue weighted by atomic mass is 16.6. The molecule has 0 aliphatic heterocycles. The van der Waals surface area contributed by atoms with Gasteiger partial charge in [-0.3, -0.25) is 9.59 Å². The van der Waals surface area contributed by atoms with Crippen LogP contribution in [0, 0.1) is 0 Å². The number of Topliss-reactive ketones (excluding diaryl/α,β-unsaturated/α-hetero) is 1. The Labute approximate surface area is 166 Å². The summed E-state index contributed by atoms with van der Waals surface area (Å²) in [5.74, 6) is 1.28. The lowest BCUT2D eigenvalue weighted by Gasteiger charge is -2.10. The van der Waals surface area contributed by atoms with Crippen LogP contribution in [0.4, 0.5) is 0 Å². The van der Waals surface area contributed by atoms with Gasteiger partial charge in [-0.2, -0.15) is 0 Å². The van der Waals surface area contributed by atoms with E-state index >= 15 is 0 Å². The summed E-state index contributed by atoms with van der Waals surface area (Å²) < 4.78 is 10.3. The number of esters is 1. The minimum atomic E-state index is -0.309. The van der Waals surface area contributed by atoms with E-state index in [-0.39, 0.29) is 18.4 Å². The van der Waals surface area contributed by atoms with Gasteiger partial charge in [0, 0.05) is 18.9 Å². The molecule has 28 heavy (non-hydrogen) atoms. The summed E-state index contributed by atoms with van der Waals surface area (Å²) in [5.41, 5.74) is 3.27. The number of carbonyl (C=O) groups excluding carboxylic acids is 2. The molecule has 0 unspecified atom stereocenters. The van der Waals surface area contributed by atoms with Crippen molar-refractivity contribution in [3.63, 3.8) is 0 Å². The van der Waals surface area contributed by atoms with Gasteiger partial charge in [0.25, 0.3) is 0 Å². The van der Waals surface area contributed by atoms with Crippen molar-refractivity contribution in [3.05, 3.63) is 65.2 Å². The number of ether oxygens (including phenoxy) is 2. The van der Waals surface area contributed by atoms with E-state index in [1.165, 1.54) is 38.2 Å². The maximum atomic E-state index is 12.5. The molecule has 2 aromatic rings. The molecule has 0 atom stereocenters. The SMILES string of the molecule is CC(=O)OCCOc1ccc(CCC(=O)c2ccc(C3CCCC3)cc2)cc1. The minimum Gasteiger partial charge on any atom is -0.490 e. The Bertz CT molecular complexity index is 771. The lowest BCUT2D eigenvalue weighted by atomic mass is 9.95. The molecule has 0 bridgehead atoms. The van der Waals surface area contributed by atoms with Crippen LogP contribution in [0.15, 0.2) is 48.5 Å². The summed E-state index contributed by atoms with van der Waals surface area (Å²) >= 11 is 0. The van der Waals surface area contributed by atoms with E-state index in [0.29, 0.717) is 25.4 Å². The van der Waals surface area contributed by atoms with Crippen molar-refractivity contribution in [2.75, 3.05) is 13.2 Å². The van der Waals surface area contributed by atoms with Crippen molar-refractivity contribution in [2.45, 2.75) is 51.4 Å². The summed E-state index contributed by atoms with van der Waals surface area (Å²) in [6.45, 7) is 1.94. The van der Waals surface area contributed by atoms with Gasteiger partial charge in [-0.15, -0.1) is 0 Å². The summed E-state index contributed by atoms with van der Waals surface area (Å²) in [7, 11) is 0. The van der Waals surface area contributed by atoms with Crippen LogP contribution in [-0.2, 0) is 16.0 Å². The molecule has 0 amide bonds. The van der Waals surface area contributed by atoms with E-state index in [9.17, 15) is 9.59 Å². The van der Waals surface area contributed by atoms with Crippen molar-refractivity contribution >= 4 is 11.8 Å². The Balaban J connectivity index is 1.44. The largest absolute Gasteiger partial charge is 0.490 e. The Hall–Kier alpha value is -2.62. The maximum Gasteiger partial charge on any atom is 0.302 e. The van der Waals surface area contributed by atoms with E-state index in [0.717, 1.165) is 16.9 Å². The fourth-order valence-electron chi connectivity index (χ4n) is 3.70. The average Bonchev–Trinajstić information content (AvgIpc) is 3.25. The fraction of sp³-hybridized carbons (Fsp3) is 0.417. The van der Waals surface area contributed by atoms with Crippen molar-refractivity contribution in [3.8, 4) is 5.75 Å². The molecular formula is C24H28O4. The van der Waals surface area contributed by atoms with Crippen LogP contribution < -0.4 is 4.74 Å². The molecule has 0 saturated heterocycles. The molecule has 1 saturated carbocycles. The van der Waals surface area contributed by atoms with Crippen molar-refractivity contribution in [1.82, 2.24) is 0 Å². The third kappa shape index (κ3) is 5.95. The van der Waals surface area contributed by atoms with Gasteiger partial charge in [0.15, 0.2) is 5.78 Å². The molecule has 1 fully saturated rings. The predicted molar refractivity (Wildman–Crippen MR) is 109 cm³/mol. The molecule has 0 N–H and O–H groups in total. The van der Waals surface area contributed by atoms with Crippen molar-refractivity contribution in [2.24, 2.45) is 0 Å². The number of aryl methyl sites for hydroxylation is 1. The van der Waals surface area contributed by atoms with Crippen LogP contribution in [0.5, 0.6) is 5.75 Å². The van der Waals surface area contributed by atoms with Crippen LogP contribution >= 0.6 is 0 Å². The molecule has 1 aliphatic rings. The zero-order valence-corrected chi connectivity index (χ0v) is 16.5. The Morgan fingerprint density at radius 1 is 0.929 bits per heavy atom. The predicted octanol–water partition coefficient (Wildman–Crippen LogP) is 5.10. The summed E-state index contributed by atoms with van der Waals surface area (Å²) in [5, 5.41) is 0. The van der Waals surface area contributed by atoms with Gasteiger partial charge in [0.1, 0.15) is 19.0 Å². The molecular weight excluding hydrogens is 352 g/mol. The highest BCUT2D eigenvalue weighted by Gasteiger charge is 2.17. The first kappa shape index (κ1) is 20.1. The third-order valence-corrected chi connectivity index (χ3v) is 5.28. The van der Waals surface area contributed by atoms with Crippen molar-refractivity contribution in [1.29, 1.82) is 0 Å². The molecule has 148 valence electrons. The second-order valence-corrected chi connectivity index (χ2v) is 7.36. The van der Waals surface area contributed by atoms with E-state index in [4.69, 9.17) is 9.47 Å². The molecule has 0 radical (unpaired) electrons. The van der Waals surface area contributed by atoms with Gasteiger partial charge < -0.3 is 9.47 Å². The van der Waals surface area contributed by atoms with Crippen LogP contribution in [-0.4, -0.2) is 25.0 Å². The van der Waals surface area contributed by atoms with E-state index in [1.807, 2.05) is 36.4 Å². The fourth-order valence-corrected chi connectivity index (χ4v) is 3.70. The van der Waals surface area contributed by atoms with E-state index in [2.05, 4.69) is 12.1 Å². The number of rotatable bonds is 9. The number of ketones is 1. The number of hydrogen-bond acceptors (Lipinski definition) is 4. The van der Waals surface area contributed by atoms with Gasteiger partial charge in [-0.25, -0.2) is 0 Å². The average molecular weight is 380 g/mol. The Kier molecular flexibility index (Phi) is 7.24. The molecule has 2 aromatic carbocycles. The van der Waals surface area contributed by atoms with Gasteiger partial charge in [0.05, 0.1) is 0 Å². The summed E-state index contributed by atoms with van der Waals surface area (Å²) in [6.07, 6.45) is 6.39. The number of benzene rings is 2. The Morgan fingerprint density at radius 3 is 2.25 bits per heavy atom. The minimum absolute atomic E-state index is 0.180. The molecule has 1 aliphatic carbocycles. The first-order valence-electron chi connectivity index (χ1n) is 10.1. The van der Waals surface area contributed by atoms with Gasteiger partial charge in [0.2, 0.25) is 0 Å². The smallest absolute Gasteiger partial charge is 0.302 e. The lowest BCUT2D eigenvalue weighted by Crippen LogP contribution is -2.09. The molecule has 0 aromatic heterocycles. The zero-order valence-electron chi connectivity index (χ0n) is 16.5. The molecule has 0 spiro atoms. The number of hydrogen-bond donors (Lipinski definition) is 0. The van der Waals surface area contributed by atoms with Gasteiger partial charge in [-0.05, 0) is 48.4 Å². The van der Waals surface area contributed by atoms with Crippen LogP contribution in [0.3, 0.4) is 0 Å². The molecule has 0 heterocycles. The van der Waals surface area contributed by atoms with Crippen molar-refractivity contribution < 1.29 is 19.1 Å². The van der Waals surface area contributed by atoms with E-state index in [1.54, 1.807) is 0 Å². The highest BCUT2D eigenvalue weighted by Crippen LogP contribution is 2.34. The highest BCUT2D eigenvalue weighted by molar-refractivity contribution is 5.96. The first-order chi connectivity index (χ1) is 13.6. The second-order valence-electron chi connectivity index (χ2n) is 7.36. The van der Waals surface area contributed by atoms with Gasteiger partial charge >= 0.3 is 5.97 Å². The zero-order chi connectivity index (χ0) is 19.8. The summed E-state index contributed by atoms with van der Waals surface area (Å²) in [4.78, 5) is 23.2. The molecule has 4 nitrogen and oxygen atoms in total.